The number of benzene rings is 4. The van der Waals surface area contributed by atoms with Crippen LogP contribution in [-0.2, 0) is 12.8 Å². The number of aromatic nitrogens is 5. The van der Waals surface area contributed by atoms with Gasteiger partial charge < -0.3 is 0 Å². The number of rotatable bonds is 7. The van der Waals surface area contributed by atoms with Gasteiger partial charge in [-0.05, 0) is 85.9 Å². The third-order valence-electron chi connectivity index (χ3n) is 9.89. The summed E-state index contributed by atoms with van der Waals surface area (Å²) in [4.78, 5) is 28.0. The fourth-order valence-corrected chi connectivity index (χ4v) is 8.40. The molecule has 0 aliphatic heterocycles. The van der Waals surface area contributed by atoms with Crippen molar-refractivity contribution in [1.29, 1.82) is 0 Å². The summed E-state index contributed by atoms with van der Waals surface area (Å²) < 4.78 is 0. The molecule has 4 aromatic carbocycles. The highest BCUT2D eigenvalue weighted by Crippen LogP contribution is 2.38. The van der Waals surface area contributed by atoms with Crippen LogP contribution in [0.4, 0.5) is 0 Å². The van der Waals surface area contributed by atoms with E-state index >= 15 is 0 Å². The molecule has 2 aliphatic carbocycles. The Kier molecular flexibility index (Phi) is 8.60. The summed E-state index contributed by atoms with van der Waals surface area (Å²) in [7, 11) is 0. The van der Waals surface area contributed by atoms with Gasteiger partial charge >= 0.3 is 0 Å². The molecule has 0 bridgehead atoms. The van der Waals surface area contributed by atoms with Gasteiger partial charge in [0.2, 0.25) is 0 Å². The fourth-order valence-electron chi connectivity index (χ4n) is 7.18. The lowest BCUT2D eigenvalue weighted by molar-refractivity contribution is 0.623. The van der Waals surface area contributed by atoms with Crippen molar-refractivity contribution >= 4 is 11.3 Å². The molecule has 0 spiro atoms. The number of hydrogen-bond donors (Lipinski definition) is 0. The van der Waals surface area contributed by atoms with Gasteiger partial charge in [0.25, 0.3) is 0 Å². The average molecular weight is 680 g/mol. The molecule has 0 saturated heterocycles. The average Bonchev–Trinajstić information content (AvgIpc) is 3.66. The molecule has 248 valence electrons. The third kappa shape index (κ3) is 6.67. The van der Waals surface area contributed by atoms with Crippen molar-refractivity contribution in [2.45, 2.75) is 50.9 Å². The maximum Gasteiger partial charge on any atom is 0.163 e. The van der Waals surface area contributed by atoms with Crippen LogP contribution in [0.1, 0.15) is 54.3 Å². The smallest absolute Gasteiger partial charge is 0.163 e. The summed E-state index contributed by atoms with van der Waals surface area (Å²) in [5.41, 5.74) is 9.62. The molecule has 9 rings (SSSR count). The minimum atomic E-state index is 0.195. The van der Waals surface area contributed by atoms with E-state index < -0.39 is 0 Å². The van der Waals surface area contributed by atoms with E-state index in [-0.39, 0.29) is 5.92 Å². The lowest BCUT2D eigenvalue weighted by Gasteiger charge is -2.17. The molecule has 5 nitrogen and oxygen atoms in total. The first-order valence-corrected chi connectivity index (χ1v) is 18.8. The summed E-state index contributed by atoms with van der Waals surface area (Å²) in [5.74, 6) is 3.18. The van der Waals surface area contributed by atoms with E-state index in [2.05, 4.69) is 97.1 Å². The molecule has 51 heavy (non-hydrogen) atoms. The Bertz CT molecular complexity index is 2340. The number of thiophene rings is 1. The quantitative estimate of drug-likeness (QED) is 0.157. The Morgan fingerprint density at radius 1 is 0.490 bits per heavy atom. The van der Waals surface area contributed by atoms with Gasteiger partial charge in [0.15, 0.2) is 17.5 Å². The maximum absolute atomic E-state index is 5.13. The van der Waals surface area contributed by atoms with Crippen LogP contribution in [0.3, 0.4) is 0 Å². The van der Waals surface area contributed by atoms with Crippen LogP contribution < -0.4 is 0 Å². The van der Waals surface area contributed by atoms with Crippen LogP contribution >= 0.6 is 11.3 Å². The highest BCUT2D eigenvalue weighted by Gasteiger charge is 2.20. The standard InChI is InChI=1S/C45H37N5S/c1-4-14-30(15-5-1)42-46-38(29-39(47-42)41-28-36-20-10-11-25-40(36)51-41)35-23-12-21-33(26-35)34-22-13-24-37(27-34)45-49-43(31-16-6-2-7-17-31)48-44(50-45)32-18-8-3-9-19-32/h1-2,4-8,12-18,21-24,26-29,32H,3,9-11,19-20,25H2. The molecule has 0 amide bonds. The monoisotopic (exact) mass is 679 g/mol. The molecule has 1 atom stereocenters. The molecule has 3 heterocycles. The number of aryl methyl sites for hydroxylation is 2. The van der Waals surface area contributed by atoms with Crippen molar-refractivity contribution < 1.29 is 0 Å². The number of fused-ring (bicyclic) bond motifs is 1. The second kappa shape index (κ2) is 14.0. The highest BCUT2D eigenvalue weighted by molar-refractivity contribution is 7.15. The molecule has 6 heteroatoms. The normalized spacial score (nSPS) is 15.4. The molecule has 1 unspecified atom stereocenters. The molecular formula is C45H37N5S. The number of allylic oxidation sites excluding steroid dienone is 2. The Balaban J connectivity index is 1.11. The summed E-state index contributed by atoms with van der Waals surface area (Å²) in [6.07, 6.45) is 12.7. The van der Waals surface area contributed by atoms with E-state index in [0.717, 1.165) is 82.1 Å². The molecule has 2 aliphatic rings. The second-order valence-corrected chi connectivity index (χ2v) is 14.6. The van der Waals surface area contributed by atoms with Crippen LogP contribution in [0.2, 0.25) is 0 Å². The first-order chi connectivity index (χ1) is 25.2. The van der Waals surface area contributed by atoms with Crippen LogP contribution in [0, 0.1) is 0 Å². The Labute approximate surface area is 302 Å². The molecule has 0 fully saturated rings. The Morgan fingerprint density at radius 3 is 1.80 bits per heavy atom. The topological polar surface area (TPSA) is 64.5 Å². The van der Waals surface area contributed by atoms with E-state index in [9.17, 15) is 0 Å². The first-order valence-electron chi connectivity index (χ1n) is 18.0. The lowest BCUT2D eigenvalue weighted by atomic mass is 9.95. The molecule has 0 saturated carbocycles. The lowest BCUT2D eigenvalue weighted by Crippen LogP contribution is -2.09. The largest absolute Gasteiger partial charge is 0.228 e. The van der Waals surface area contributed by atoms with E-state index in [0.29, 0.717) is 11.6 Å². The maximum atomic E-state index is 5.13. The van der Waals surface area contributed by atoms with Crippen molar-refractivity contribution in [3.05, 3.63) is 150 Å². The molecule has 0 radical (unpaired) electrons. The molecule has 3 aromatic heterocycles. The van der Waals surface area contributed by atoms with Gasteiger partial charge in [-0.3, -0.25) is 0 Å². The van der Waals surface area contributed by atoms with Gasteiger partial charge in [-0.25, -0.2) is 24.9 Å². The van der Waals surface area contributed by atoms with Crippen molar-refractivity contribution in [3.8, 4) is 67.1 Å². The van der Waals surface area contributed by atoms with Gasteiger partial charge in [-0.1, -0.05) is 109 Å². The first kappa shape index (κ1) is 31.4. The van der Waals surface area contributed by atoms with E-state index in [1.54, 1.807) is 0 Å². The van der Waals surface area contributed by atoms with Crippen molar-refractivity contribution in [3.63, 3.8) is 0 Å². The number of nitrogens with zero attached hydrogens (tertiary/aromatic N) is 5. The van der Waals surface area contributed by atoms with Crippen LogP contribution in [0.25, 0.3) is 67.1 Å². The second-order valence-electron chi connectivity index (χ2n) is 13.4. The van der Waals surface area contributed by atoms with Crippen LogP contribution in [0.15, 0.2) is 133 Å². The van der Waals surface area contributed by atoms with E-state index in [1.807, 2.05) is 47.7 Å². The van der Waals surface area contributed by atoms with Crippen molar-refractivity contribution in [1.82, 2.24) is 24.9 Å². The van der Waals surface area contributed by atoms with Crippen molar-refractivity contribution in [2.75, 3.05) is 0 Å². The summed E-state index contributed by atoms with van der Waals surface area (Å²) >= 11 is 1.89. The minimum absolute atomic E-state index is 0.195. The van der Waals surface area contributed by atoms with Crippen LogP contribution in [0.5, 0.6) is 0 Å². The third-order valence-corrected chi connectivity index (χ3v) is 11.1. The molecule has 0 N–H and O–H groups in total. The zero-order chi connectivity index (χ0) is 34.0. The zero-order valence-corrected chi connectivity index (χ0v) is 29.2. The van der Waals surface area contributed by atoms with Gasteiger partial charge in [0.1, 0.15) is 5.82 Å². The predicted octanol–water partition coefficient (Wildman–Crippen LogP) is 11.4. The minimum Gasteiger partial charge on any atom is -0.228 e. The zero-order valence-electron chi connectivity index (χ0n) is 28.4. The van der Waals surface area contributed by atoms with Gasteiger partial charge in [0.05, 0.1) is 16.3 Å². The summed E-state index contributed by atoms with van der Waals surface area (Å²) in [5, 5.41) is 0. The predicted molar refractivity (Wildman–Crippen MR) is 208 cm³/mol. The van der Waals surface area contributed by atoms with E-state index in [1.165, 1.54) is 34.6 Å². The Hall–Kier alpha value is -5.59. The van der Waals surface area contributed by atoms with Crippen molar-refractivity contribution in [2.24, 2.45) is 0 Å². The Morgan fingerprint density at radius 2 is 1.10 bits per heavy atom. The van der Waals surface area contributed by atoms with E-state index in [4.69, 9.17) is 24.9 Å². The summed E-state index contributed by atoms with van der Waals surface area (Å²) in [6.45, 7) is 0. The fraction of sp³-hybridized carbons (Fsp3) is 0.178. The SMILES string of the molecule is C1=CC(c2nc(-c3ccccc3)nc(-c3cccc(-c4cccc(-c5cc(-c6cc7c(s6)CCCC7)nc(-c6ccccc6)n5)c4)c3)n2)CCC1. The summed E-state index contributed by atoms with van der Waals surface area (Å²) in [6, 6.07) is 42.3. The molecular weight excluding hydrogens is 643 g/mol. The van der Waals surface area contributed by atoms with Crippen LogP contribution in [-0.4, -0.2) is 24.9 Å². The van der Waals surface area contributed by atoms with Gasteiger partial charge in [-0.15, -0.1) is 11.3 Å². The van der Waals surface area contributed by atoms with Gasteiger partial charge in [0, 0.05) is 33.0 Å². The number of hydrogen-bond acceptors (Lipinski definition) is 6. The highest BCUT2D eigenvalue weighted by atomic mass is 32.1. The van der Waals surface area contributed by atoms with Gasteiger partial charge in [-0.2, -0.15) is 0 Å². The molecule has 7 aromatic rings.